The molecule has 15 rings (SSSR count). The van der Waals surface area contributed by atoms with Gasteiger partial charge in [0.2, 0.25) is 12.5 Å². The molecule has 1 amide bonds. The van der Waals surface area contributed by atoms with E-state index in [1.54, 1.807) is 11.7 Å². The molecule has 106 heavy (non-hydrogen) atoms. The van der Waals surface area contributed by atoms with Gasteiger partial charge in [-0.05, 0) is 123 Å². The highest BCUT2D eigenvalue weighted by atomic mass is 31.2. The third-order valence-electron chi connectivity index (χ3n) is 20.1. The monoisotopic (exact) mass is 1440 g/mol. The van der Waals surface area contributed by atoms with Crippen LogP contribution in [0.5, 0.6) is 11.6 Å². The van der Waals surface area contributed by atoms with Gasteiger partial charge in [0, 0.05) is 29.8 Å². The fraction of sp³-hybridized carbons (Fsp3) is 0.259. The molecule has 20 nitrogen and oxygen atoms in total. The van der Waals surface area contributed by atoms with Gasteiger partial charge in [0.05, 0.1) is 32.7 Å². The summed E-state index contributed by atoms with van der Waals surface area (Å²) in [5.41, 5.74) is 13.2. The van der Waals surface area contributed by atoms with Gasteiger partial charge in [0.1, 0.15) is 50.0 Å². The number of fused-ring (bicyclic) bond motifs is 10. The fourth-order valence-electron chi connectivity index (χ4n) is 15.4. The topological polar surface area (TPSA) is 207 Å². The van der Waals surface area contributed by atoms with Gasteiger partial charge in [0.15, 0.2) is 17.3 Å². The Morgan fingerprint density at radius 1 is 0.575 bits per heavy atom. The lowest BCUT2D eigenvalue weighted by molar-refractivity contribution is -0.183. The van der Waals surface area contributed by atoms with Crippen molar-refractivity contribution in [3.63, 3.8) is 0 Å². The number of rotatable bonds is 25. The molecule has 536 valence electrons. The van der Waals surface area contributed by atoms with Crippen molar-refractivity contribution < 1.29 is 61.3 Å². The summed E-state index contributed by atoms with van der Waals surface area (Å²) in [5.74, 6) is -1.03. The van der Waals surface area contributed by atoms with Crippen molar-refractivity contribution in [1.29, 1.82) is 0 Å². The van der Waals surface area contributed by atoms with Crippen molar-refractivity contribution in [2.24, 2.45) is 0 Å². The molecule has 1 aliphatic heterocycles. The lowest BCUT2D eigenvalue weighted by Crippen LogP contribution is -2.56. The molecule has 11 aromatic rings. The molecule has 1 fully saturated rings. The molecular weight excluding hydrogens is 1360 g/mol. The van der Waals surface area contributed by atoms with Crippen LogP contribution in [0, 0.1) is 6.57 Å². The van der Waals surface area contributed by atoms with E-state index in [-0.39, 0.29) is 99.0 Å². The highest BCUT2D eigenvalue weighted by molar-refractivity contribution is 7.44. The number of amides is 1. The number of benzene rings is 9. The average molecular weight is 1440 g/mol. The van der Waals surface area contributed by atoms with Crippen LogP contribution in [-0.4, -0.2) is 126 Å². The number of hydrogen-bond donors (Lipinski definition) is 1. The van der Waals surface area contributed by atoms with E-state index in [2.05, 4.69) is 44.1 Å². The first kappa shape index (κ1) is 70.5. The van der Waals surface area contributed by atoms with E-state index in [1.807, 2.05) is 234 Å². The van der Waals surface area contributed by atoms with Gasteiger partial charge >= 0.3 is 18.4 Å². The van der Waals surface area contributed by atoms with Crippen molar-refractivity contribution in [3.05, 3.63) is 298 Å². The second-order valence-electron chi connectivity index (χ2n) is 26.9. The Morgan fingerprint density at radius 3 is 1.50 bits per heavy atom. The van der Waals surface area contributed by atoms with Gasteiger partial charge in [0.25, 0.3) is 14.4 Å². The normalized spacial score (nSPS) is 16.8. The number of hydrogen-bond acceptors (Lipinski definition) is 17. The van der Waals surface area contributed by atoms with Gasteiger partial charge in [-0.1, -0.05) is 218 Å². The Hall–Kier alpha value is -11.1. The second kappa shape index (κ2) is 31.3. The molecule has 0 saturated carbocycles. The first-order valence-corrected chi connectivity index (χ1v) is 36.7. The van der Waals surface area contributed by atoms with Crippen LogP contribution in [0.25, 0.3) is 49.4 Å². The average Bonchev–Trinajstić information content (AvgIpc) is 1.55. The molecule has 1 N–H and O–H groups in total. The summed E-state index contributed by atoms with van der Waals surface area (Å²) in [7, 11) is -0.538. The quantitative estimate of drug-likeness (QED) is 0.0141. The van der Waals surface area contributed by atoms with Crippen LogP contribution < -0.4 is 14.8 Å². The van der Waals surface area contributed by atoms with E-state index in [1.165, 1.54) is 6.33 Å². The van der Waals surface area contributed by atoms with E-state index in [0.717, 1.165) is 83.5 Å². The lowest BCUT2D eigenvalue weighted by Gasteiger charge is -2.46. The summed E-state index contributed by atoms with van der Waals surface area (Å²) >= 11 is 0. The van der Waals surface area contributed by atoms with E-state index < -0.39 is 56.9 Å². The van der Waals surface area contributed by atoms with Crippen LogP contribution >= 0.6 is 8.53 Å². The maximum absolute atomic E-state index is 15.4. The number of nitrogens with zero attached hydrogens (tertiary/aromatic N) is 6. The lowest BCUT2D eigenvalue weighted by atomic mass is 9.80. The molecule has 2 aromatic heterocycles. The number of carbonyl (C=O) groups is 3. The van der Waals surface area contributed by atoms with Crippen molar-refractivity contribution in [2.75, 3.05) is 58.6 Å². The SMILES string of the molecule is [C-]#[N+]CCOP(OC1C(COC(c2ccccc2)(c2ccccc2)c2ccc(OC)cc2)OCC(n2cnc3c(OC(=O)OCC4c5ccccc5-c5ccccc54)nc(NC(=O)OCC4c5ccccc5-c5ccccc54)nc32)[C@H]1OC(=O)OCC1c2ccccc2-c2ccccc21)N(C(C)C)C(C)C. The number of anilines is 1. The van der Waals surface area contributed by atoms with Crippen LogP contribution in [0.4, 0.5) is 20.3 Å². The largest absolute Gasteiger partial charge is 0.515 e. The minimum atomic E-state index is -2.15. The van der Waals surface area contributed by atoms with E-state index in [9.17, 15) is 9.59 Å². The zero-order chi connectivity index (χ0) is 72.8. The summed E-state index contributed by atoms with van der Waals surface area (Å²) < 4.78 is 70.0. The van der Waals surface area contributed by atoms with Gasteiger partial charge < -0.3 is 56.4 Å². The third kappa shape index (κ3) is 14.0. The summed E-state index contributed by atoms with van der Waals surface area (Å²) in [6.45, 7) is 15.3. The standard InChI is InChI=1S/C85H78N7O13P/c1-53(2)92(54(3)4)106(102-46-45-86-5)105-78-75(51-101-85(55-25-9-7-10-26-55,56-27-11-8-12-28-56)57-41-43-58(96-6)44-42-57)97-50-74(77(78)103-83(94)99-48-72-67-37-21-15-31-61(67)62-32-16-22-38-68(62)72)91-52-87-76-79(91)88-81(90-82(93)98-47-71-65-35-19-13-29-59(65)60-30-14-20-36-66(60)71)89-80(76)104-84(95)100-49-73-69-39-23-17-33-63(69)64-34-18-24-40-70(64)73/h7-44,52-54,71-75,77-78H,45-51H2,1-4,6H3,(H,88,89,90,93)/t74?,75?,77-,78?,106?/m1/s1. The molecule has 0 radical (unpaired) electrons. The first-order valence-electron chi connectivity index (χ1n) is 35.5. The molecular formula is C85H78N7O13P. The van der Waals surface area contributed by atoms with Crippen LogP contribution in [0.15, 0.2) is 237 Å². The fourth-order valence-corrected chi connectivity index (χ4v) is 17.2. The predicted octanol–water partition coefficient (Wildman–Crippen LogP) is 17.5. The summed E-state index contributed by atoms with van der Waals surface area (Å²) in [5, 5.41) is 2.73. The Labute approximate surface area is 615 Å². The molecule has 21 heteroatoms. The molecule has 3 aliphatic carbocycles. The first-order chi connectivity index (χ1) is 51.9. The van der Waals surface area contributed by atoms with Crippen molar-refractivity contribution in [2.45, 2.75) is 87.5 Å². The van der Waals surface area contributed by atoms with Crippen LogP contribution in [0.3, 0.4) is 0 Å². The summed E-state index contributed by atoms with van der Waals surface area (Å²) in [4.78, 5) is 62.4. The highest BCUT2D eigenvalue weighted by Crippen LogP contribution is 2.52. The van der Waals surface area contributed by atoms with E-state index in [0.29, 0.717) is 5.75 Å². The summed E-state index contributed by atoms with van der Waals surface area (Å²) in [6.07, 6.45) is -5.42. The molecule has 0 bridgehead atoms. The smallest absolute Gasteiger partial charge is 0.497 e. The van der Waals surface area contributed by atoms with E-state index >= 15 is 4.79 Å². The second-order valence-corrected chi connectivity index (χ2v) is 28.3. The molecule has 0 spiro atoms. The molecule has 9 aromatic carbocycles. The molecule has 4 aliphatic rings. The number of aromatic nitrogens is 4. The van der Waals surface area contributed by atoms with Crippen molar-refractivity contribution in [3.8, 4) is 45.0 Å². The van der Waals surface area contributed by atoms with Gasteiger partial charge in [-0.3, -0.25) is 5.32 Å². The summed E-state index contributed by atoms with van der Waals surface area (Å²) in [6, 6.07) is 74.0. The van der Waals surface area contributed by atoms with Gasteiger partial charge in [-0.25, -0.2) is 30.6 Å². The van der Waals surface area contributed by atoms with Crippen molar-refractivity contribution in [1.82, 2.24) is 24.2 Å². The minimum Gasteiger partial charge on any atom is -0.497 e. The number of methoxy groups -OCH3 is 1. The molecule has 1 saturated heterocycles. The number of nitrogens with one attached hydrogen (secondary N) is 1. The van der Waals surface area contributed by atoms with Crippen molar-refractivity contribution >= 4 is 44.0 Å². The van der Waals surface area contributed by atoms with Crippen LogP contribution in [0.1, 0.15) is 102 Å². The van der Waals surface area contributed by atoms with Gasteiger partial charge in [-0.15, -0.1) is 0 Å². The third-order valence-corrected chi connectivity index (χ3v) is 22.2. The van der Waals surface area contributed by atoms with E-state index in [4.69, 9.17) is 63.5 Å². The zero-order valence-corrected chi connectivity index (χ0v) is 60.0. The minimum absolute atomic E-state index is 0.00119. The predicted molar refractivity (Wildman–Crippen MR) is 401 cm³/mol. The number of imidazole rings is 1. The number of carbonyl (C=O) groups excluding carboxylic acids is 3. The van der Waals surface area contributed by atoms with Crippen LogP contribution in [-0.2, 0) is 43.1 Å². The maximum Gasteiger partial charge on any atom is 0.515 e. The Morgan fingerprint density at radius 2 is 1.03 bits per heavy atom. The maximum atomic E-state index is 15.4. The Balaban J connectivity index is 0.835. The van der Waals surface area contributed by atoms with Crippen LogP contribution in [0.2, 0.25) is 0 Å². The van der Waals surface area contributed by atoms with Gasteiger partial charge in [-0.2, -0.15) is 9.97 Å². The molecule has 4 unspecified atom stereocenters. The Kier molecular flexibility index (Phi) is 20.8. The molecule has 3 heterocycles. The number of ether oxygens (including phenoxy) is 8. The zero-order valence-electron chi connectivity index (χ0n) is 59.1. The molecule has 5 atom stereocenters. The highest BCUT2D eigenvalue weighted by Gasteiger charge is 2.51. The Bertz CT molecular complexity index is 4850.